The number of nitrogen functional groups attached to an aromatic ring is 1. The Morgan fingerprint density at radius 2 is 1.85 bits per heavy atom. The Morgan fingerprint density at radius 3 is 2.49 bits per heavy atom. The van der Waals surface area contributed by atoms with Crippen LogP contribution in [0.2, 0.25) is 0 Å². The first-order chi connectivity index (χ1) is 18.2. The van der Waals surface area contributed by atoms with E-state index in [0.717, 1.165) is 12.1 Å². The third-order valence-corrected chi connectivity index (χ3v) is 6.73. The Morgan fingerprint density at radius 1 is 1.13 bits per heavy atom. The van der Waals surface area contributed by atoms with E-state index in [9.17, 15) is 22.0 Å². The fourth-order valence-corrected chi connectivity index (χ4v) is 4.77. The molecule has 0 saturated heterocycles. The Bertz CT molecular complexity index is 1330. The molecule has 3 aromatic rings. The average molecular weight is 554 g/mol. The molecule has 1 saturated carbocycles. The maximum Gasteiger partial charge on any atom is 0.416 e. The number of nitrogens with one attached hydrogen (secondary N) is 1. The second-order valence-electron chi connectivity index (χ2n) is 10.1. The van der Waals surface area contributed by atoms with Gasteiger partial charge in [-0.15, -0.1) is 0 Å². The predicted octanol–water partition coefficient (Wildman–Crippen LogP) is 6.08. The molecule has 1 aromatic heterocycles. The number of aromatic nitrogens is 2. The van der Waals surface area contributed by atoms with Crippen molar-refractivity contribution in [2.24, 2.45) is 5.92 Å². The summed E-state index contributed by atoms with van der Waals surface area (Å²) in [6, 6.07) is 6.30. The van der Waals surface area contributed by atoms with Gasteiger partial charge in [-0.05, 0) is 56.6 Å². The smallest absolute Gasteiger partial charge is 0.416 e. The van der Waals surface area contributed by atoms with Gasteiger partial charge in [-0.2, -0.15) is 13.2 Å². The number of fused-ring (bicyclic) bond motifs is 1. The van der Waals surface area contributed by atoms with Crippen LogP contribution >= 0.6 is 0 Å². The number of anilines is 2. The van der Waals surface area contributed by atoms with Gasteiger partial charge in [-0.1, -0.05) is 0 Å². The fourth-order valence-electron chi connectivity index (χ4n) is 4.77. The molecule has 2 aromatic carbocycles. The number of likely N-dealkylation sites (N-methyl/N-ethyl adjacent to an activating group) is 1. The number of nitrogens with zero attached hydrogens (tertiary/aromatic N) is 3. The number of rotatable bonds is 10. The van der Waals surface area contributed by atoms with Gasteiger partial charge in [0.2, 0.25) is 5.92 Å². The minimum Gasteiger partial charge on any atom is -0.493 e. The van der Waals surface area contributed by atoms with Crippen molar-refractivity contribution in [3.05, 3.63) is 47.3 Å². The molecule has 1 aliphatic rings. The molecule has 212 valence electrons. The molecule has 0 aliphatic heterocycles. The number of alkyl halides is 5. The summed E-state index contributed by atoms with van der Waals surface area (Å²) in [6.45, 7) is 4.80. The normalized spacial score (nSPS) is 16.3. The second kappa shape index (κ2) is 11.0. The van der Waals surface area contributed by atoms with Crippen LogP contribution in [0.4, 0.5) is 33.5 Å². The van der Waals surface area contributed by atoms with Crippen LogP contribution in [0.25, 0.3) is 10.9 Å². The van der Waals surface area contributed by atoms with Crippen molar-refractivity contribution in [1.82, 2.24) is 14.9 Å². The van der Waals surface area contributed by atoms with Gasteiger partial charge in [-0.3, -0.25) is 0 Å². The molecular weight excluding hydrogens is 521 g/mol. The van der Waals surface area contributed by atoms with Gasteiger partial charge in [0.25, 0.3) is 0 Å². The van der Waals surface area contributed by atoms with E-state index in [4.69, 9.17) is 15.2 Å². The summed E-state index contributed by atoms with van der Waals surface area (Å²) in [5, 5.41) is 3.78. The Balaban J connectivity index is 1.53. The van der Waals surface area contributed by atoms with E-state index >= 15 is 0 Å². The summed E-state index contributed by atoms with van der Waals surface area (Å²) in [7, 11) is 3.36. The van der Waals surface area contributed by atoms with Crippen LogP contribution in [-0.4, -0.2) is 54.6 Å². The Labute approximate surface area is 223 Å². The lowest BCUT2D eigenvalue weighted by atomic mass is 9.81. The molecule has 1 atom stereocenters. The van der Waals surface area contributed by atoms with Crippen molar-refractivity contribution in [3.8, 4) is 11.5 Å². The summed E-state index contributed by atoms with van der Waals surface area (Å²) in [5.74, 6) is -0.816. The number of nitrogens with two attached hydrogens (primary N) is 1. The first kappa shape index (κ1) is 28.6. The van der Waals surface area contributed by atoms with Crippen LogP contribution in [0.5, 0.6) is 11.5 Å². The summed E-state index contributed by atoms with van der Waals surface area (Å²) in [4.78, 5) is 10.9. The number of methoxy groups -OCH3 is 1. The average Bonchev–Trinajstić information content (AvgIpc) is 2.81. The highest BCUT2D eigenvalue weighted by Gasteiger charge is 2.45. The van der Waals surface area contributed by atoms with E-state index < -0.39 is 23.7 Å². The van der Waals surface area contributed by atoms with Gasteiger partial charge < -0.3 is 25.4 Å². The first-order valence-corrected chi connectivity index (χ1v) is 12.5. The second-order valence-corrected chi connectivity index (χ2v) is 10.1. The molecule has 7 nitrogen and oxygen atoms in total. The van der Waals surface area contributed by atoms with Crippen molar-refractivity contribution in [3.63, 3.8) is 0 Å². The van der Waals surface area contributed by atoms with E-state index in [1.807, 2.05) is 11.9 Å². The number of benzene rings is 2. The van der Waals surface area contributed by atoms with Gasteiger partial charge in [-0.25, -0.2) is 18.7 Å². The van der Waals surface area contributed by atoms with Crippen molar-refractivity contribution in [1.29, 1.82) is 0 Å². The third kappa shape index (κ3) is 6.97. The molecule has 4 rings (SSSR count). The lowest BCUT2D eigenvalue weighted by Gasteiger charge is -2.37. The Hall–Kier alpha value is -3.41. The van der Waals surface area contributed by atoms with E-state index in [2.05, 4.69) is 15.3 Å². The topological polar surface area (TPSA) is 85.5 Å². The van der Waals surface area contributed by atoms with E-state index in [1.54, 1.807) is 26.0 Å². The summed E-state index contributed by atoms with van der Waals surface area (Å²) in [5.41, 5.74) is 5.84. The monoisotopic (exact) mass is 553 g/mol. The van der Waals surface area contributed by atoms with Gasteiger partial charge in [0, 0.05) is 43.1 Å². The summed E-state index contributed by atoms with van der Waals surface area (Å²) in [6.07, 6.45) is -4.70. The van der Waals surface area contributed by atoms with Crippen LogP contribution < -0.4 is 20.5 Å². The predicted molar refractivity (Wildman–Crippen MR) is 139 cm³/mol. The third-order valence-electron chi connectivity index (χ3n) is 6.73. The van der Waals surface area contributed by atoms with Gasteiger partial charge in [0.05, 0.1) is 24.2 Å². The van der Waals surface area contributed by atoms with Crippen LogP contribution in [-0.2, 0) is 6.18 Å². The highest BCUT2D eigenvalue weighted by molar-refractivity contribution is 5.92. The lowest BCUT2D eigenvalue weighted by Crippen LogP contribution is -2.42. The van der Waals surface area contributed by atoms with Gasteiger partial charge >= 0.3 is 6.18 Å². The first-order valence-electron chi connectivity index (χ1n) is 12.5. The SMILES string of the molecule is COc1cc2nc(C)nc(N[C@H](C)c3cc(N)cc(C(F)(F)F)c3)c2cc1OCCN(C)CC1CC(F)(F)C1. The summed E-state index contributed by atoms with van der Waals surface area (Å²) < 4.78 is 77.7. The standard InChI is InChI=1S/C27H32F5N5O2/c1-15(18-7-19(27(30,31)32)9-20(33)8-18)34-25-21-10-24(23(38-4)11-22(21)35-16(2)36-25)39-6-5-37(3)14-17-12-26(28,29)13-17/h7-11,15,17H,5-6,12-14,33H2,1-4H3,(H,34,35,36)/t15-/m1/s1. The van der Waals surface area contributed by atoms with Crippen LogP contribution in [0.1, 0.15) is 42.8 Å². The van der Waals surface area contributed by atoms with Gasteiger partial charge in [0.15, 0.2) is 11.5 Å². The Kier molecular flexibility index (Phi) is 8.06. The molecule has 39 heavy (non-hydrogen) atoms. The minimum absolute atomic E-state index is 0.00797. The molecule has 3 N–H and O–H groups in total. The molecule has 1 aliphatic carbocycles. The molecule has 0 spiro atoms. The maximum absolute atomic E-state index is 13.3. The lowest BCUT2D eigenvalue weighted by molar-refractivity contribution is -0.137. The number of hydrogen-bond donors (Lipinski definition) is 2. The van der Waals surface area contributed by atoms with E-state index in [0.29, 0.717) is 52.7 Å². The quantitative estimate of drug-likeness (QED) is 0.233. The zero-order chi connectivity index (χ0) is 28.5. The van der Waals surface area contributed by atoms with Crippen molar-refractivity contribution >= 4 is 22.4 Å². The van der Waals surface area contributed by atoms with Crippen LogP contribution in [0.3, 0.4) is 0 Å². The van der Waals surface area contributed by atoms with E-state index in [1.165, 1.54) is 13.2 Å². The van der Waals surface area contributed by atoms with Crippen molar-refractivity contribution < 1.29 is 31.4 Å². The van der Waals surface area contributed by atoms with Crippen molar-refractivity contribution in [2.45, 2.75) is 44.8 Å². The van der Waals surface area contributed by atoms with Gasteiger partial charge in [0.1, 0.15) is 18.2 Å². The molecule has 1 fully saturated rings. The molecule has 12 heteroatoms. The van der Waals surface area contributed by atoms with Crippen LogP contribution in [0.15, 0.2) is 30.3 Å². The van der Waals surface area contributed by atoms with E-state index in [-0.39, 0.29) is 31.1 Å². The fraction of sp³-hybridized carbons (Fsp3) is 0.481. The molecule has 0 unspecified atom stereocenters. The number of aryl methyl sites for hydroxylation is 1. The molecule has 1 heterocycles. The highest BCUT2D eigenvalue weighted by atomic mass is 19.4. The highest BCUT2D eigenvalue weighted by Crippen LogP contribution is 2.42. The van der Waals surface area contributed by atoms with Crippen LogP contribution in [0, 0.1) is 12.8 Å². The zero-order valence-corrected chi connectivity index (χ0v) is 22.2. The number of ether oxygens (including phenoxy) is 2. The molecule has 0 bridgehead atoms. The summed E-state index contributed by atoms with van der Waals surface area (Å²) >= 11 is 0. The number of hydrogen-bond acceptors (Lipinski definition) is 7. The van der Waals surface area contributed by atoms with Crippen molar-refractivity contribution in [2.75, 3.05) is 44.9 Å². The zero-order valence-electron chi connectivity index (χ0n) is 22.2. The largest absolute Gasteiger partial charge is 0.493 e. The maximum atomic E-state index is 13.3. The molecule has 0 radical (unpaired) electrons. The molecule has 0 amide bonds. The molecular formula is C27H32F5N5O2. The minimum atomic E-state index is -4.53. The number of halogens is 5.